The Morgan fingerprint density at radius 1 is 1.11 bits per heavy atom. The van der Waals surface area contributed by atoms with Gasteiger partial charge in [0.2, 0.25) is 0 Å². The number of anilines is 1. The molecule has 0 aliphatic rings. The Labute approximate surface area is 163 Å². The van der Waals surface area contributed by atoms with Gasteiger partial charge in [0.25, 0.3) is 5.91 Å². The summed E-state index contributed by atoms with van der Waals surface area (Å²) in [5, 5.41) is 15.2. The molecule has 8 heteroatoms. The van der Waals surface area contributed by atoms with Crippen molar-refractivity contribution >= 4 is 34.7 Å². The van der Waals surface area contributed by atoms with Crippen molar-refractivity contribution in [2.75, 3.05) is 5.32 Å². The fourth-order valence-electron chi connectivity index (χ4n) is 2.68. The molecule has 0 bridgehead atoms. The van der Waals surface area contributed by atoms with Crippen molar-refractivity contribution in [3.05, 3.63) is 29.8 Å². The summed E-state index contributed by atoms with van der Waals surface area (Å²) in [6.45, 7) is 8.33. The smallest absolute Gasteiger partial charge is 0.408 e. The maximum absolute atomic E-state index is 12.8. The van der Waals surface area contributed by atoms with E-state index in [0.29, 0.717) is 11.4 Å². The van der Waals surface area contributed by atoms with Gasteiger partial charge in [0.05, 0.1) is 0 Å². The number of carboxylic acids is 1. The number of amides is 2. The molecule has 0 saturated carbocycles. The maximum Gasteiger partial charge on any atom is 0.408 e. The van der Waals surface area contributed by atoms with Gasteiger partial charge in [-0.15, -0.1) is 0 Å². The predicted molar refractivity (Wildman–Crippen MR) is 106 cm³/mol. The van der Waals surface area contributed by atoms with Crippen molar-refractivity contribution in [3.8, 4) is 0 Å². The van der Waals surface area contributed by atoms with Crippen LogP contribution in [0.25, 0.3) is 10.9 Å². The molecule has 0 aliphatic carbocycles. The molecule has 2 amide bonds. The number of carboxylic acid groups (broad SMARTS) is 1. The predicted octanol–water partition coefficient (Wildman–Crippen LogP) is 3.43. The summed E-state index contributed by atoms with van der Waals surface area (Å²) in [5.41, 5.74) is -0.433. The number of hydrogen-bond donors (Lipinski definition) is 4. The first kappa shape index (κ1) is 21.3. The highest BCUT2D eigenvalue weighted by molar-refractivity contribution is 6.02. The molecule has 0 fully saturated rings. The lowest BCUT2D eigenvalue weighted by Gasteiger charge is -2.27. The van der Waals surface area contributed by atoms with Gasteiger partial charge >= 0.3 is 12.1 Å². The molecular formula is C20H27N3O5. The third-order valence-corrected chi connectivity index (χ3v) is 4.02. The highest BCUT2D eigenvalue weighted by Gasteiger charge is 2.32. The molecule has 0 spiro atoms. The first-order chi connectivity index (χ1) is 12.9. The van der Waals surface area contributed by atoms with E-state index in [4.69, 9.17) is 9.84 Å². The fourth-order valence-corrected chi connectivity index (χ4v) is 2.68. The van der Waals surface area contributed by atoms with Crippen molar-refractivity contribution < 1.29 is 24.2 Å². The number of hydrogen-bond acceptors (Lipinski definition) is 4. The van der Waals surface area contributed by atoms with Gasteiger partial charge in [-0.05, 0) is 47.1 Å². The van der Waals surface area contributed by atoms with Crippen molar-refractivity contribution in [2.24, 2.45) is 0 Å². The standard InChI is InChI=1S/C20H27N3O5/c1-19(2,3)28-18(27)23-20(4,5)17(26)22-16-13(10-11-15(24)25)12-8-6-7-9-14(12)21-16/h6-9,21H,10-11H2,1-5H3,(H,22,26)(H,23,27)(H,24,25). The molecule has 1 aromatic heterocycles. The zero-order valence-corrected chi connectivity index (χ0v) is 16.8. The Bertz CT molecular complexity index is 893. The van der Waals surface area contributed by atoms with E-state index in [-0.39, 0.29) is 12.8 Å². The number of carbonyl (C=O) groups excluding carboxylic acids is 2. The van der Waals surface area contributed by atoms with Crippen molar-refractivity contribution in [3.63, 3.8) is 0 Å². The highest BCUT2D eigenvalue weighted by Crippen LogP contribution is 2.28. The van der Waals surface area contributed by atoms with Gasteiger partial charge in [-0.3, -0.25) is 9.59 Å². The van der Waals surface area contributed by atoms with Gasteiger partial charge in [-0.2, -0.15) is 0 Å². The van der Waals surface area contributed by atoms with Gasteiger partial charge in [-0.1, -0.05) is 18.2 Å². The summed E-state index contributed by atoms with van der Waals surface area (Å²) in [6, 6.07) is 7.40. The van der Waals surface area contributed by atoms with E-state index in [2.05, 4.69) is 15.6 Å². The van der Waals surface area contributed by atoms with E-state index in [0.717, 1.165) is 10.9 Å². The number of benzene rings is 1. The summed E-state index contributed by atoms with van der Waals surface area (Å²) >= 11 is 0. The summed E-state index contributed by atoms with van der Waals surface area (Å²) in [7, 11) is 0. The molecule has 4 N–H and O–H groups in total. The second-order valence-electron chi connectivity index (χ2n) is 8.12. The molecule has 0 saturated heterocycles. The Balaban J connectivity index is 2.22. The van der Waals surface area contributed by atoms with Crippen molar-refractivity contribution in [1.29, 1.82) is 0 Å². The molecule has 1 heterocycles. The molecule has 8 nitrogen and oxygen atoms in total. The average Bonchev–Trinajstić information content (AvgIpc) is 2.87. The van der Waals surface area contributed by atoms with Crippen LogP contribution >= 0.6 is 0 Å². The third-order valence-electron chi connectivity index (χ3n) is 4.02. The van der Waals surface area contributed by atoms with Gasteiger partial charge in [0.15, 0.2) is 0 Å². The maximum atomic E-state index is 12.8. The second kappa shape index (κ2) is 7.92. The van der Waals surface area contributed by atoms with E-state index in [1.807, 2.05) is 24.3 Å². The number of para-hydroxylation sites is 1. The fraction of sp³-hybridized carbons (Fsp3) is 0.450. The third kappa shape index (κ3) is 5.48. The van der Waals surface area contributed by atoms with Gasteiger partial charge < -0.3 is 25.5 Å². The molecule has 0 aliphatic heterocycles. The van der Waals surface area contributed by atoms with Crippen molar-refractivity contribution in [1.82, 2.24) is 10.3 Å². The van der Waals surface area contributed by atoms with Crippen molar-refractivity contribution in [2.45, 2.75) is 58.6 Å². The minimum Gasteiger partial charge on any atom is -0.481 e. The van der Waals surface area contributed by atoms with E-state index >= 15 is 0 Å². The Kier molecular flexibility index (Phi) is 6.01. The van der Waals surface area contributed by atoms with E-state index in [1.54, 1.807) is 34.6 Å². The molecule has 0 unspecified atom stereocenters. The van der Waals surface area contributed by atoms with E-state index in [9.17, 15) is 14.4 Å². The van der Waals surface area contributed by atoms with Crippen LogP contribution in [0.4, 0.5) is 10.6 Å². The highest BCUT2D eigenvalue weighted by atomic mass is 16.6. The van der Waals surface area contributed by atoms with Crippen LogP contribution in [0, 0.1) is 0 Å². The zero-order valence-electron chi connectivity index (χ0n) is 16.8. The molecule has 0 radical (unpaired) electrons. The average molecular weight is 389 g/mol. The first-order valence-electron chi connectivity index (χ1n) is 9.03. The number of aryl methyl sites for hydroxylation is 1. The van der Waals surface area contributed by atoms with E-state index < -0.39 is 29.1 Å². The van der Waals surface area contributed by atoms with E-state index in [1.165, 1.54) is 0 Å². The van der Waals surface area contributed by atoms with Crippen LogP contribution in [0.3, 0.4) is 0 Å². The van der Waals surface area contributed by atoms with Crippen LogP contribution in [0.2, 0.25) is 0 Å². The summed E-state index contributed by atoms with van der Waals surface area (Å²) in [5.74, 6) is -0.956. The van der Waals surface area contributed by atoms with Crippen LogP contribution in [0.5, 0.6) is 0 Å². The lowest BCUT2D eigenvalue weighted by Crippen LogP contribution is -2.53. The topological polar surface area (TPSA) is 121 Å². The zero-order chi connectivity index (χ0) is 21.1. The lowest BCUT2D eigenvalue weighted by atomic mass is 10.0. The molecule has 2 rings (SSSR count). The Morgan fingerprint density at radius 2 is 1.75 bits per heavy atom. The van der Waals surface area contributed by atoms with Crippen LogP contribution in [0.15, 0.2) is 24.3 Å². The number of aliphatic carboxylic acids is 1. The monoisotopic (exact) mass is 389 g/mol. The Morgan fingerprint density at radius 3 is 2.36 bits per heavy atom. The van der Waals surface area contributed by atoms with Gasteiger partial charge in [0.1, 0.15) is 17.0 Å². The van der Waals surface area contributed by atoms with Crippen LogP contribution in [-0.4, -0.2) is 39.2 Å². The molecule has 152 valence electrons. The number of rotatable bonds is 6. The normalized spacial score (nSPS) is 11.9. The Hall–Kier alpha value is -3.03. The number of H-pyrrole nitrogens is 1. The summed E-state index contributed by atoms with van der Waals surface area (Å²) < 4.78 is 5.21. The number of nitrogens with one attached hydrogen (secondary N) is 3. The van der Waals surface area contributed by atoms with Crippen LogP contribution < -0.4 is 10.6 Å². The lowest BCUT2D eigenvalue weighted by molar-refractivity contribution is -0.136. The quantitative estimate of drug-likeness (QED) is 0.603. The number of aromatic nitrogens is 1. The molecular weight excluding hydrogens is 362 g/mol. The molecule has 1 aromatic carbocycles. The summed E-state index contributed by atoms with van der Waals surface area (Å²) in [4.78, 5) is 38.9. The number of fused-ring (bicyclic) bond motifs is 1. The molecule has 28 heavy (non-hydrogen) atoms. The number of aromatic amines is 1. The number of ether oxygens (including phenoxy) is 1. The summed E-state index contributed by atoms with van der Waals surface area (Å²) in [6.07, 6.45) is -0.505. The molecule has 0 atom stereocenters. The number of carbonyl (C=O) groups is 3. The number of alkyl carbamates (subject to hydrolysis) is 1. The second-order valence-corrected chi connectivity index (χ2v) is 8.12. The molecule has 2 aromatic rings. The first-order valence-corrected chi connectivity index (χ1v) is 9.03. The van der Waals surface area contributed by atoms with Crippen LogP contribution in [0.1, 0.15) is 46.6 Å². The minimum absolute atomic E-state index is 0.0652. The van der Waals surface area contributed by atoms with Gasteiger partial charge in [-0.25, -0.2) is 4.79 Å². The van der Waals surface area contributed by atoms with Crippen LogP contribution in [-0.2, 0) is 20.7 Å². The van der Waals surface area contributed by atoms with Gasteiger partial charge in [0, 0.05) is 22.9 Å². The SMILES string of the molecule is CC(C)(C)OC(=O)NC(C)(C)C(=O)Nc1[nH]c2ccccc2c1CCC(=O)O. The minimum atomic E-state index is -1.25. The largest absolute Gasteiger partial charge is 0.481 e.